The molecule has 4 amide bonds. The van der Waals surface area contributed by atoms with Gasteiger partial charge in [0.1, 0.15) is 23.7 Å². The van der Waals surface area contributed by atoms with E-state index in [0.717, 1.165) is 5.56 Å². The molecule has 0 bridgehead atoms. The summed E-state index contributed by atoms with van der Waals surface area (Å²) >= 11 is 0. The van der Waals surface area contributed by atoms with Gasteiger partial charge in [0, 0.05) is 25.9 Å². The molecule has 13 nitrogen and oxygen atoms in total. The van der Waals surface area contributed by atoms with Crippen LogP contribution in [0, 0.1) is 0 Å². The van der Waals surface area contributed by atoms with E-state index in [-0.39, 0.29) is 45.2 Å². The van der Waals surface area contributed by atoms with Crippen LogP contribution in [-0.4, -0.2) is 95.1 Å². The Balaban J connectivity index is 1.81. The van der Waals surface area contributed by atoms with Crippen molar-refractivity contribution in [3.05, 3.63) is 71.8 Å². The third-order valence-corrected chi connectivity index (χ3v) is 8.86. The summed E-state index contributed by atoms with van der Waals surface area (Å²) in [5, 5.41) is 17.0. The van der Waals surface area contributed by atoms with E-state index < -0.39 is 78.3 Å². The molecule has 1 aliphatic rings. The number of rotatable bonds is 18. The summed E-state index contributed by atoms with van der Waals surface area (Å²) in [6, 6.07) is 12.2. The summed E-state index contributed by atoms with van der Waals surface area (Å²) in [4.78, 5) is 67.0. The van der Waals surface area contributed by atoms with Crippen molar-refractivity contribution >= 4 is 29.6 Å². The Morgan fingerprint density at radius 3 is 1.80 bits per heavy atom. The molecule has 0 aliphatic carbocycles. The molecule has 3 rings (SSSR count). The molecule has 0 aromatic heterocycles. The smallest absolute Gasteiger partial charge is 0.389 e. The third kappa shape index (κ3) is 13.3. The summed E-state index contributed by atoms with van der Waals surface area (Å²) in [6.07, 6.45) is -5.93. The number of carbonyl (C=O) groups excluding carboxylic acids is 4. The normalized spacial score (nSPS) is 16.6. The number of aliphatic carboxylic acids is 1. The first-order chi connectivity index (χ1) is 24.1. The van der Waals surface area contributed by atoms with Crippen LogP contribution in [0.1, 0.15) is 56.1 Å². The minimum atomic E-state index is -4.67. The first kappa shape index (κ1) is 40.9. The molecule has 16 heteroatoms. The summed E-state index contributed by atoms with van der Waals surface area (Å²) in [6.45, 7) is 0.277. The van der Waals surface area contributed by atoms with E-state index in [1.54, 1.807) is 60.7 Å². The van der Waals surface area contributed by atoms with E-state index in [2.05, 4.69) is 16.0 Å². The molecule has 0 saturated carbocycles. The monoisotopic (exact) mass is 719 g/mol. The van der Waals surface area contributed by atoms with E-state index >= 15 is 0 Å². The number of nitrogens with two attached hydrogens (primary N) is 3. The molecular formula is C35H48F3N7O6. The van der Waals surface area contributed by atoms with Crippen LogP contribution < -0.4 is 33.2 Å². The molecule has 1 heterocycles. The van der Waals surface area contributed by atoms with Crippen molar-refractivity contribution in [2.24, 2.45) is 17.2 Å². The van der Waals surface area contributed by atoms with E-state index in [1.807, 2.05) is 0 Å². The highest BCUT2D eigenvalue weighted by Crippen LogP contribution is 2.24. The lowest BCUT2D eigenvalue weighted by atomic mass is 9.88. The van der Waals surface area contributed by atoms with Crippen molar-refractivity contribution in [2.45, 2.75) is 93.7 Å². The second kappa shape index (κ2) is 19.2. The number of hydrogen-bond acceptors (Lipinski definition) is 8. The maximum absolute atomic E-state index is 13.7. The van der Waals surface area contributed by atoms with Gasteiger partial charge in [-0.15, -0.1) is 0 Å². The topological polar surface area (TPSA) is 223 Å². The van der Waals surface area contributed by atoms with Gasteiger partial charge in [0.05, 0.1) is 6.04 Å². The highest BCUT2D eigenvalue weighted by Gasteiger charge is 2.41. The average molecular weight is 720 g/mol. The molecule has 0 radical (unpaired) electrons. The van der Waals surface area contributed by atoms with Crippen molar-refractivity contribution in [3.8, 4) is 0 Å². The fraction of sp³-hybridized carbons (Fsp3) is 0.514. The Morgan fingerprint density at radius 2 is 1.27 bits per heavy atom. The van der Waals surface area contributed by atoms with Crippen LogP contribution in [0.2, 0.25) is 0 Å². The van der Waals surface area contributed by atoms with Crippen LogP contribution in [0.3, 0.4) is 0 Å². The van der Waals surface area contributed by atoms with Crippen molar-refractivity contribution in [1.29, 1.82) is 0 Å². The molecule has 4 unspecified atom stereocenters. The van der Waals surface area contributed by atoms with Crippen LogP contribution >= 0.6 is 0 Å². The zero-order chi connectivity index (χ0) is 37.6. The number of carboxylic acid groups (broad SMARTS) is 1. The molecule has 2 aromatic carbocycles. The van der Waals surface area contributed by atoms with Gasteiger partial charge in [-0.1, -0.05) is 60.7 Å². The highest BCUT2D eigenvalue weighted by molar-refractivity contribution is 5.95. The minimum Gasteiger partial charge on any atom is -0.480 e. The molecule has 280 valence electrons. The molecule has 0 spiro atoms. The Morgan fingerprint density at radius 1 is 0.765 bits per heavy atom. The predicted molar refractivity (Wildman–Crippen MR) is 183 cm³/mol. The fourth-order valence-electron chi connectivity index (χ4n) is 5.73. The third-order valence-electron chi connectivity index (χ3n) is 8.86. The number of nitrogens with zero attached hydrogens (tertiary/aromatic N) is 1. The average Bonchev–Trinajstić information content (AvgIpc) is 3.09. The van der Waals surface area contributed by atoms with Gasteiger partial charge in [0.15, 0.2) is 0 Å². The van der Waals surface area contributed by atoms with Crippen LogP contribution in [0.25, 0.3) is 0 Å². The lowest BCUT2D eigenvalue weighted by molar-refractivity contribution is -0.148. The molecule has 10 N–H and O–H groups in total. The fourth-order valence-corrected chi connectivity index (χ4v) is 5.73. The second-order valence-electron chi connectivity index (χ2n) is 12.9. The molecular weight excluding hydrogens is 671 g/mol. The number of alkyl halides is 3. The van der Waals surface area contributed by atoms with Crippen molar-refractivity contribution < 1.29 is 42.3 Å². The van der Waals surface area contributed by atoms with Gasteiger partial charge in [0.25, 0.3) is 0 Å². The van der Waals surface area contributed by atoms with Crippen LogP contribution in [0.5, 0.6) is 0 Å². The summed E-state index contributed by atoms with van der Waals surface area (Å²) in [5.74, 6) is -4.39. The van der Waals surface area contributed by atoms with Gasteiger partial charge in [-0.25, -0.2) is 0 Å². The predicted octanol–water partition coefficient (Wildman–Crippen LogP) is 1.13. The molecule has 1 saturated heterocycles. The number of carbonyl (C=O) groups is 5. The Bertz CT molecular complexity index is 1460. The Kier molecular flexibility index (Phi) is 15.4. The first-order valence-corrected chi connectivity index (χ1v) is 16.9. The van der Waals surface area contributed by atoms with E-state index in [9.17, 15) is 42.3 Å². The minimum absolute atomic E-state index is 0.00754. The second-order valence-corrected chi connectivity index (χ2v) is 12.9. The zero-order valence-corrected chi connectivity index (χ0v) is 28.4. The first-order valence-electron chi connectivity index (χ1n) is 16.9. The lowest BCUT2D eigenvalue weighted by Gasteiger charge is -2.38. The standard InChI is InChI=1S/C35H48F3N7O6/c36-35(37,38)15-14-26(30(47)43-27(13-7-8-18-39)32(49)45-19-16-34(41,17-20-45)33(50)51)42-31(48)28(22-24-11-5-2-6-12-24)44-29(46)25(40)21-23-9-3-1-4-10-23/h1-6,9-12,25-28H,7-8,13-22,39-41H2,(H,42,48)(H,43,47)(H,44,46)(H,50,51). The number of likely N-dealkylation sites (tertiary alicyclic amines) is 1. The van der Waals surface area contributed by atoms with Crippen molar-refractivity contribution in [2.75, 3.05) is 19.6 Å². The van der Waals surface area contributed by atoms with Gasteiger partial charge in [-0.05, 0) is 62.6 Å². The SMILES string of the molecule is NCCCCC(NC(=O)C(CCC(F)(F)F)NC(=O)C(Cc1ccccc1)NC(=O)C(N)Cc1ccccc1)C(=O)N1CCC(N)(C(=O)O)CC1. The molecule has 51 heavy (non-hydrogen) atoms. The van der Waals surface area contributed by atoms with Gasteiger partial charge in [0.2, 0.25) is 23.6 Å². The number of nitrogens with one attached hydrogen (secondary N) is 3. The largest absolute Gasteiger partial charge is 0.480 e. The number of hydrogen-bond donors (Lipinski definition) is 7. The number of benzene rings is 2. The summed E-state index contributed by atoms with van der Waals surface area (Å²) < 4.78 is 40.3. The maximum Gasteiger partial charge on any atom is 0.389 e. The molecule has 2 aromatic rings. The van der Waals surface area contributed by atoms with Gasteiger partial charge in [-0.3, -0.25) is 24.0 Å². The van der Waals surface area contributed by atoms with Crippen LogP contribution in [0.4, 0.5) is 13.2 Å². The van der Waals surface area contributed by atoms with Gasteiger partial charge >= 0.3 is 12.1 Å². The zero-order valence-electron chi connectivity index (χ0n) is 28.4. The maximum atomic E-state index is 13.7. The van der Waals surface area contributed by atoms with E-state index in [1.165, 1.54) is 4.90 Å². The highest BCUT2D eigenvalue weighted by atomic mass is 19.4. The summed E-state index contributed by atoms with van der Waals surface area (Å²) in [7, 11) is 0. The number of unbranched alkanes of at least 4 members (excludes halogenated alkanes) is 1. The quantitative estimate of drug-likeness (QED) is 0.110. The van der Waals surface area contributed by atoms with Crippen LogP contribution in [0.15, 0.2) is 60.7 Å². The number of halogens is 3. The van der Waals surface area contributed by atoms with Gasteiger partial charge in [-0.2, -0.15) is 13.2 Å². The van der Waals surface area contributed by atoms with Crippen molar-refractivity contribution in [1.82, 2.24) is 20.9 Å². The number of carboxylic acids is 1. The molecule has 1 aliphatic heterocycles. The number of piperidine rings is 1. The van der Waals surface area contributed by atoms with E-state index in [0.29, 0.717) is 24.9 Å². The Labute approximate surface area is 294 Å². The van der Waals surface area contributed by atoms with E-state index in [4.69, 9.17) is 17.2 Å². The van der Waals surface area contributed by atoms with Crippen LogP contribution in [-0.2, 0) is 36.8 Å². The molecule has 1 fully saturated rings. The van der Waals surface area contributed by atoms with Crippen molar-refractivity contribution in [3.63, 3.8) is 0 Å². The lowest BCUT2D eigenvalue weighted by Crippen LogP contribution is -2.60. The summed E-state index contributed by atoms with van der Waals surface area (Å²) in [5.41, 5.74) is 17.6. The Hall–Kier alpha value is -4.54. The van der Waals surface area contributed by atoms with Gasteiger partial charge < -0.3 is 43.2 Å². The number of amides is 4. The molecule has 4 atom stereocenters.